The number of aliphatic hydroxyl groups excluding tert-OH is 1. The van der Waals surface area contributed by atoms with Crippen LogP contribution in [0.3, 0.4) is 0 Å². The smallest absolute Gasteiger partial charge is 0.273 e. The van der Waals surface area contributed by atoms with Gasteiger partial charge in [0.1, 0.15) is 0 Å². The maximum Gasteiger partial charge on any atom is 0.273 e. The molecule has 120 valence electrons. The van der Waals surface area contributed by atoms with Gasteiger partial charge in [-0.3, -0.25) is 4.79 Å². The van der Waals surface area contributed by atoms with E-state index >= 15 is 0 Å². The molecular weight excluding hydrogens is 296 g/mol. The molecular formula is C17H18N2O4. The third kappa shape index (κ3) is 4.55. The molecule has 6 heteroatoms. The molecule has 0 radical (unpaired) electrons. The molecule has 0 unspecified atom stereocenters. The van der Waals surface area contributed by atoms with E-state index in [-0.39, 0.29) is 5.75 Å². The number of amides is 1. The first-order chi connectivity index (χ1) is 11.1. The van der Waals surface area contributed by atoms with Crippen molar-refractivity contribution in [3.63, 3.8) is 0 Å². The minimum Gasteiger partial charge on any atom is -0.504 e. The van der Waals surface area contributed by atoms with E-state index in [9.17, 15) is 15.0 Å². The molecule has 23 heavy (non-hydrogen) atoms. The summed E-state index contributed by atoms with van der Waals surface area (Å²) in [5, 5.41) is 23.3. The van der Waals surface area contributed by atoms with Crippen molar-refractivity contribution in [3.8, 4) is 11.5 Å². The summed E-state index contributed by atoms with van der Waals surface area (Å²) in [4.78, 5) is 11.8. The van der Waals surface area contributed by atoms with Crippen LogP contribution in [-0.4, -0.2) is 28.9 Å². The number of phenols is 1. The number of phenolic OH excluding ortho intramolecular Hbond substituents is 1. The Morgan fingerprint density at radius 3 is 2.74 bits per heavy atom. The van der Waals surface area contributed by atoms with Crippen LogP contribution in [0.5, 0.6) is 11.5 Å². The van der Waals surface area contributed by atoms with Gasteiger partial charge >= 0.3 is 0 Å². The molecule has 0 heterocycles. The predicted molar refractivity (Wildman–Crippen MR) is 86.4 cm³/mol. The summed E-state index contributed by atoms with van der Waals surface area (Å²) in [6.45, 7) is 2.24. The zero-order valence-electron chi connectivity index (χ0n) is 12.6. The highest BCUT2D eigenvalue weighted by molar-refractivity contribution is 5.85. The van der Waals surface area contributed by atoms with Gasteiger partial charge in [-0.1, -0.05) is 30.3 Å². The molecule has 3 N–H and O–H groups in total. The Hall–Kier alpha value is -2.86. The van der Waals surface area contributed by atoms with Crippen molar-refractivity contribution < 1.29 is 19.7 Å². The number of nitrogens with zero attached hydrogens (tertiary/aromatic N) is 1. The Morgan fingerprint density at radius 2 is 2.04 bits per heavy atom. The molecule has 2 rings (SSSR count). The van der Waals surface area contributed by atoms with Crippen molar-refractivity contribution in [2.45, 2.75) is 13.0 Å². The first kappa shape index (κ1) is 16.5. The van der Waals surface area contributed by atoms with Crippen LogP contribution >= 0.6 is 0 Å². The van der Waals surface area contributed by atoms with Crippen LogP contribution < -0.4 is 10.2 Å². The molecule has 2 aromatic rings. The zero-order chi connectivity index (χ0) is 16.7. The topological polar surface area (TPSA) is 91.2 Å². The zero-order valence-corrected chi connectivity index (χ0v) is 12.6. The first-order valence-corrected chi connectivity index (χ1v) is 7.13. The van der Waals surface area contributed by atoms with Gasteiger partial charge in [-0.05, 0) is 36.2 Å². The standard InChI is InChI=1S/C17H18N2O4/c1-2-23-15-10-12(8-9-14(15)20)11-18-19-17(22)16(21)13-6-4-3-5-7-13/h3-11,16,20-21H,2H2,1H3,(H,19,22)/b18-11+/t16-/m1/s1. The van der Waals surface area contributed by atoms with Gasteiger partial charge in [0.25, 0.3) is 5.91 Å². The van der Waals surface area contributed by atoms with Crippen LogP contribution in [-0.2, 0) is 4.79 Å². The lowest BCUT2D eigenvalue weighted by atomic mass is 10.1. The fourth-order valence-corrected chi connectivity index (χ4v) is 1.90. The molecule has 1 amide bonds. The molecule has 0 aliphatic rings. The van der Waals surface area contributed by atoms with Crippen LogP contribution in [0.2, 0.25) is 0 Å². The average Bonchev–Trinajstić information content (AvgIpc) is 2.58. The van der Waals surface area contributed by atoms with Gasteiger partial charge in [0, 0.05) is 0 Å². The normalized spacial score (nSPS) is 12.1. The maximum absolute atomic E-state index is 11.8. The van der Waals surface area contributed by atoms with E-state index in [4.69, 9.17) is 4.74 Å². The van der Waals surface area contributed by atoms with Crippen molar-refractivity contribution in [1.29, 1.82) is 0 Å². The second-order valence-electron chi connectivity index (χ2n) is 4.71. The number of aromatic hydroxyl groups is 1. The monoisotopic (exact) mass is 314 g/mol. The summed E-state index contributed by atoms with van der Waals surface area (Å²) < 4.78 is 5.26. The van der Waals surface area contributed by atoms with E-state index in [1.54, 1.807) is 42.5 Å². The number of hydrazone groups is 1. The fraction of sp³-hybridized carbons (Fsp3) is 0.176. The summed E-state index contributed by atoms with van der Waals surface area (Å²) in [5.41, 5.74) is 3.40. The maximum atomic E-state index is 11.8. The highest BCUT2D eigenvalue weighted by Gasteiger charge is 2.15. The summed E-state index contributed by atoms with van der Waals surface area (Å²) >= 11 is 0. The second kappa shape index (κ2) is 7.95. The second-order valence-corrected chi connectivity index (χ2v) is 4.71. The molecule has 2 aromatic carbocycles. The minimum atomic E-state index is -1.29. The molecule has 0 aliphatic heterocycles. The van der Waals surface area contributed by atoms with Crippen molar-refractivity contribution in [1.82, 2.24) is 5.43 Å². The van der Waals surface area contributed by atoms with Crippen LogP contribution in [0.25, 0.3) is 0 Å². The first-order valence-electron chi connectivity index (χ1n) is 7.13. The highest BCUT2D eigenvalue weighted by atomic mass is 16.5. The molecule has 6 nitrogen and oxygen atoms in total. The number of nitrogens with one attached hydrogen (secondary N) is 1. The van der Waals surface area contributed by atoms with E-state index in [1.165, 1.54) is 12.3 Å². The van der Waals surface area contributed by atoms with Gasteiger partial charge in [0.2, 0.25) is 0 Å². The number of ether oxygens (including phenoxy) is 1. The quantitative estimate of drug-likeness (QED) is 0.561. The summed E-state index contributed by atoms with van der Waals surface area (Å²) in [5.74, 6) is -0.254. The van der Waals surface area contributed by atoms with Gasteiger partial charge in [-0.25, -0.2) is 5.43 Å². The van der Waals surface area contributed by atoms with Crippen LogP contribution in [0.15, 0.2) is 53.6 Å². The molecule has 0 spiro atoms. The van der Waals surface area contributed by atoms with Gasteiger partial charge in [0.15, 0.2) is 17.6 Å². The average molecular weight is 314 g/mol. The number of rotatable bonds is 6. The summed E-state index contributed by atoms with van der Waals surface area (Å²) in [6.07, 6.45) is 0.115. The fourth-order valence-electron chi connectivity index (χ4n) is 1.90. The van der Waals surface area contributed by atoms with Crippen LogP contribution in [0, 0.1) is 0 Å². The van der Waals surface area contributed by atoms with Gasteiger partial charge in [-0.2, -0.15) is 5.10 Å². The summed E-state index contributed by atoms with van der Waals surface area (Å²) in [7, 11) is 0. The molecule has 0 aliphatic carbocycles. The SMILES string of the molecule is CCOc1cc(/C=N/NC(=O)[C@H](O)c2ccccc2)ccc1O. The van der Waals surface area contributed by atoms with Gasteiger partial charge < -0.3 is 14.9 Å². The lowest BCUT2D eigenvalue weighted by Gasteiger charge is -2.08. The van der Waals surface area contributed by atoms with E-state index in [0.29, 0.717) is 23.5 Å². The Bertz CT molecular complexity index is 686. The van der Waals surface area contributed by atoms with Gasteiger partial charge in [0.05, 0.1) is 12.8 Å². The van der Waals surface area contributed by atoms with Crippen molar-refractivity contribution in [3.05, 3.63) is 59.7 Å². The number of hydrogen-bond acceptors (Lipinski definition) is 5. The van der Waals surface area contributed by atoms with Crippen LogP contribution in [0.1, 0.15) is 24.2 Å². The third-order valence-corrected chi connectivity index (χ3v) is 3.04. The number of hydrogen-bond donors (Lipinski definition) is 3. The van der Waals surface area contributed by atoms with Crippen LogP contribution in [0.4, 0.5) is 0 Å². The molecule has 0 saturated heterocycles. The Labute approximate surface area is 134 Å². The lowest BCUT2D eigenvalue weighted by molar-refractivity contribution is -0.129. The highest BCUT2D eigenvalue weighted by Crippen LogP contribution is 2.26. The van der Waals surface area contributed by atoms with E-state index in [1.807, 2.05) is 6.92 Å². The van der Waals surface area contributed by atoms with E-state index in [2.05, 4.69) is 10.5 Å². The molecule has 0 fully saturated rings. The summed E-state index contributed by atoms with van der Waals surface area (Å²) in [6, 6.07) is 13.3. The lowest BCUT2D eigenvalue weighted by Crippen LogP contribution is -2.25. The molecule has 0 saturated carbocycles. The minimum absolute atomic E-state index is 0.0348. The van der Waals surface area contributed by atoms with E-state index in [0.717, 1.165) is 0 Å². The number of aliphatic hydroxyl groups is 1. The Kier molecular flexibility index (Phi) is 5.71. The Balaban J connectivity index is 1.98. The largest absolute Gasteiger partial charge is 0.504 e. The Morgan fingerprint density at radius 1 is 1.30 bits per heavy atom. The molecule has 0 aromatic heterocycles. The van der Waals surface area contributed by atoms with Crippen molar-refractivity contribution in [2.24, 2.45) is 5.10 Å². The number of benzene rings is 2. The van der Waals surface area contributed by atoms with Gasteiger partial charge in [-0.15, -0.1) is 0 Å². The predicted octanol–water partition coefficient (Wildman–Crippen LogP) is 1.97. The number of carbonyl (C=O) groups excluding carboxylic acids is 1. The van der Waals surface area contributed by atoms with E-state index < -0.39 is 12.0 Å². The molecule has 0 bridgehead atoms. The van der Waals surface area contributed by atoms with Crippen molar-refractivity contribution in [2.75, 3.05) is 6.61 Å². The third-order valence-electron chi connectivity index (χ3n) is 3.04. The number of carbonyl (C=O) groups is 1. The van der Waals surface area contributed by atoms with Crippen molar-refractivity contribution >= 4 is 12.1 Å². The molecule has 1 atom stereocenters.